The molecule has 0 bridgehead atoms. The van der Waals surface area contributed by atoms with Crippen molar-refractivity contribution < 1.29 is 14.6 Å². The Balaban J connectivity index is 2.19. The van der Waals surface area contributed by atoms with Crippen LogP contribution in [0.15, 0.2) is 9.59 Å². The number of imidazole rings is 1. The fourth-order valence-electron chi connectivity index (χ4n) is 2.95. The molecule has 22 heavy (non-hydrogen) atoms. The number of nitrogens with one attached hydrogen (secondary N) is 3. The van der Waals surface area contributed by atoms with Crippen LogP contribution in [0, 0.1) is 0 Å². The Morgan fingerprint density at radius 3 is 2.59 bits per heavy atom. The van der Waals surface area contributed by atoms with Crippen LogP contribution in [0.1, 0.15) is 0 Å². The topological polar surface area (TPSA) is 102 Å². The molecule has 0 unspecified atom stereocenters. The van der Waals surface area contributed by atoms with E-state index in [1.807, 2.05) is 0 Å². The zero-order valence-corrected chi connectivity index (χ0v) is 12.8. The maximum atomic E-state index is 12.2. The summed E-state index contributed by atoms with van der Waals surface area (Å²) in [5.41, 5.74) is -0.0287. The molecule has 0 atom stereocenters. The second-order valence-corrected chi connectivity index (χ2v) is 5.78. The van der Waals surface area contributed by atoms with Crippen LogP contribution in [-0.4, -0.2) is 59.5 Å². The van der Waals surface area contributed by atoms with E-state index < -0.39 is 11.2 Å². The lowest BCUT2D eigenvalue weighted by atomic mass is 10.3. The maximum Gasteiger partial charge on any atom is 0.360 e. The molecule has 0 aromatic carbocycles. The van der Waals surface area contributed by atoms with Crippen LogP contribution in [0.5, 0.6) is 0 Å². The van der Waals surface area contributed by atoms with Gasteiger partial charge in [0.2, 0.25) is 11.2 Å². The molecule has 120 valence electrons. The van der Waals surface area contributed by atoms with E-state index in [1.54, 1.807) is 11.6 Å². The highest BCUT2D eigenvalue weighted by Crippen LogP contribution is 2.11. The zero-order chi connectivity index (χ0) is 15.9. The molecule has 9 nitrogen and oxygen atoms in total. The minimum absolute atomic E-state index is 0.0775. The summed E-state index contributed by atoms with van der Waals surface area (Å²) < 4.78 is 3.14. The molecule has 0 aliphatic carbocycles. The van der Waals surface area contributed by atoms with Crippen molar-refractivity contribution >= 4 is 17.1 Å². The van der Waals surface area contributed by atoms with E-state index in [2.05, 4.69) is 21.9 Å². The van der Waals surface area contributed by atoms with Gasteiger partial charge in [-0.2, -0.15) is 0 Å². The van der Waals surface area contributed by atoms with E-state index >= 15 is 0 Å². The van der Waals surface area contributed by atoms with Gasteiger partial charge in [0, 0.05) is 7.05 Å². The van der Waals surface area contributed by atoms with E-state index in [4.69, 9.17) is 0 Å². The Kier molecular flexibility index (Phi) is 3.75. The molecule has 2 aromatic rings. The van der Waals surface area contributed by atoms with Gasteiger partial charge >= 0.3 is 11.6 Å². The van der Waals surface area contributed by atoms with Gasteiger partial charge in [-0.1, -0.05) is 0 Å². The van der Waals surface area contributed by atoms with E-state index in [1.165, 1.54) is 9.47 Å². The molecular formula is C13H22N6O3+2. The number of fused-ring (bicyclic) bond motifs is 1. The summed E-state index contributed by atoms with van der Waals surface area (Å²) in [7, 11) is 3.76. The number of aliphatic hydroxyl groups is 1. The van der Waals surface area contributed by atoms with Gasteiger partial charge in [-0.25, -0.2) is 14.3 Å². The lowest BCUT2D eigenvalue weighted by Gasteiger charge is -2.26. The Morgan fingerprint density at radius 1 is 1.27 bits per heavy atom. The Hall–Kier alpha value is -2.13. The smallest absolute Gasteiger partial charge is 0.360 e. The fourth-order valence-corrected chi connectivity index (χ4v) is 2.95. The molecule has 3 heterocycles. The number of anilines is 1. The molecule has 1 aliphatic rings. The van der Waals surface area contributed by atoms with E-state index in [0.29, 0.717) is 17.7 Å². The van der Waals surface area contributed by atoms with Gasteiger partial charge < -0.3 is 10.0 Å². The van der Waals surface area contributed by atoms with Gasteiger partial charge in [0.15, 0.2) is 0 Å². The first-order valence-electron chi connectivity index (χ1n) is 7.45. The average molecular weight is 310 g/mol. The normalized spacial score (nSPS) is 16.6. The molecule has 0 amide bonds. The van der Waals surface area contributed by atoms with Crippen LogP contribution in [0.3, 0.4) is 0 Å². The fraction of sp³-hybridized carbons (Fsp3) is 0.615. The minimum atomic E-state index is -0.454. The molecule has 0 saturated carbocycles. The first-order valence-corrected chi connectivity index (χ1v) is 7.45. The van der Waals surface area contributed by atoms with Gasteiger partial charge in [-0.3, -0.25) is 19.2 Å². The largest absolute Gasteiger partial charge is 0.393 e. The molecular weight excluding hydrogens is 288 g/mol. The third-order valence-corrected chi connectivity index (χ3v) is 4.30. The maximum absolute atomic E-state index is 12.2. The molecule has 1 saturated heterocycles. The highest BCUT2D eigenvalue weighted by molar-refractivity contribution is 5.67. The van der Waals surface area contributed by atoms with Crippen molar-refractivity contribution in [3.05, 3.63) is 20.8 Å². The van der Waals surface area contributed by atoms with Crippen LogP contribution in [-0.2, 0) is 13.6 Å². The predicted molar refractivity (Wildman–Crippen MR) is 80.3 cm³/mol. The van der Waals surface area contributed by atoms with Crippen LogP contribution < -0.4 is 25.6 Å². The molecule has 1 aliphatic heterocycles. The zero-order valence-electron chi connectivity index (χ0n) is 12.8. The highest BCUT2D eigenvalue weighted by Gasteiger charge is 2.30. The quantitative estimate of drug-likeness (QED) is 0.436. The summed E-state index contributed by atoms with van der Waals surface area (Å²) in [5.74, 6) is 0.767. The number of quaternary nitrogens is 1. The van der Waals surface area contributed by atoms with Crippen LogP contribution in [0.25, 0.3) is 11.2 Å². The minimum Gasteiger partial charge on any atom is -0.393 e. The standard InChI is InChI=1S/C13H20N6O3/c1-16-3-5-18(6-4-16)12-14-10-9(19(12)7-8-20)11(21)15-13(22)17(10)2/h20H,3-8H2,1-2H3,(H,15,21,22)/p+2. The van der Waals surface area contributed by atoms with E-state index in [0.717, 1.165) is 32.1 Å². The van der Waals surface area contributed by atoms with Crippen molar-refractivity contribution in [2.75, 3.05) is 44.7 Å². The molecule has 0 spiro atoms. The van der Waals surface area contributed by atoms with Crippen molar-refractivity contribution in [2.45, 2.75) is 6.54 Å². The summed E-state index contributed by atoms with van der Waals surface area (Å²) in [4.78, 5) is 33.1. The van der Waals surface area contributed by atoms with E-state index in [9.17, 15) is 14.7 Å². The second kappa shape index (κ2) is 5.58. The lowest BCUT2D eigenvalue weighted by Crippen LogP contribution is -3.12. The molecule has 9 heteroatoms. The number of likely N-dealkylation sites (N-methyl/N-ethyl adjacent to an activating group) is 1. The number of piperazine rings is 1. The van der Waals surface area contributed by atoms with Crippen molar-refractivity contribution in [3.8, 4) is 0 Å². The van der Waals surface area contributed by atoms with Crippen LogP contribution in [0.4, 0.5) is 5.95 Å². The van der Waals surface area contributed by atoms with Crippen molar-refractivity contribution in [1.82, 2.24) is 14.5 Å². The van der Waals surface area contributed by atoms with Crippen molar-refractivity contribution in [1.29, 1.82) is 0 Å². The lowest BCUT2D eigenvalue weighted by molar-refractivity contribution is -0.880. The first kappa shape index (κ1) is 14.8. The second-order valence-electron chi connectivity index (χ2n) is 5.78. The highest BCUT2D eigenvalue weighted by atomic mass is 16.3. The molecule has 0 radical (unpaired) electrons. The Labute approximate surface area is 126 Å². The molecule has 1 fully saturated rings. The number of aliphatic hydroxyl groups excluding tert-OH is 1. The number of aryl methyl sites for hydroxylation is 1. The van der Waals surface area contributed by atoms with Crippen LogP contribution >= 0.6 is 0 Å². The summed E-state index contributed by atoms with van der Waals surface area (Å²) in [6, 6.07) is 0. The Morgan fingerprint density at radius 2 is 1.95 bits per heavy atom. The summed E-state index contributed by atoms with van der Waals surface area (Å²) in [5, 5.41) is 9.34. The Bertz CT molecular complexity index is 796. The number of aromatic amines is 2. The molecule has 4 N–H and O–H groups in total. The van der Waals surface area contributed by atoms with Gasteiger partial charge in [-0.05, 0) is 0 Å². The third kappa shape index (κ3) is 2.32. The third-order valence-electron chi connectivity index (χ3n) is 4.30. The summed E-state index contributed by atoms with van der Waals surface area (Å²) in [6.07, 6.45) is 0. The van der Waals surface area contributed by atoms with Crippen LogP contribution in [0.2, 0.25) is 0 Å². The molecule has 2 aromatic heterocycles. The predicted octanol–water partition coefficient (Wildman–Crippen LogP) is -3.83. The average Bonchev–Trinajstić information content (AvgIpc) is 2.86. The summed E-state index contributed by atoms with van der Waals surface area (Å²) in [6.45, 7) is 3.95. The van der Waals surface area contributed by atoms with Crippen molar-refractivity contribution in [3.63, 3.8) is 0 Å². The van der Waals surface area contributed by atoms with Gasteiger partial charge in [0.05, 0.1) is 20.2 Å². The van der Waals surface area contributed by atoms with Gasteiger partial charge in [0.25, 0.3) is 5.56 Å². The SMILES string of the molecule is Cn1c(=O)[nH]c(=O)c2c1[nH]c(N1CC[NH+](C)CC1)[n+]2CCO. The van der Waals surface area contributed by atoms with Gasteiger partial charge in [0.1, 0.15) is 26.2 Å². The number of nitrogens with zero attached hydrogens (tertiary/aromatic N) is 3. The first-order chi connectivity index (χ1) is 10.5. The number of hydrogen-bond acceptors (Lipinski definition) is 4. The number of rotatable bonds is 3. The van der Waals surface area contributed by atoms with Crippen molar-refractivity contribution in [2.24, 2.45) is 7.05 Å². The summed E-state index contributed by atoms with van der Waals surface area (Å²) >= 11 is 0. The number of hydrogen-bond donors (Lipinski definition) is 4. The number of H-pyrrole nitrogens is 2. The van der Waals surface area contributed by atoms with Gasteiger partial charge in [-0.15, -0.1) is 0 Å². The monoisotopic (exact) mass is 310 g/mol. The molecule has 3 rings (SSSR count). The number of aromatic nitrogens is 4. The van der Waals surface area contributed by atoms with E-state index in [-0.39, 0.29) is 6.61 Å².